The fourth-order valence-corrected chi connectivity index (χ4v) is 2.95. The average Bonchev–Trinajstić information content (AvgIpc) is 2.86. The Labute approximate surface area is 195 Å². The molecule has 0 saturated carbocycles. The zero-order valence-electron chi connectivity index (χ0n) is 18.0. The Kier molecular flexibility index (Phi) is 8.28. The highest BCUT2D eigenvalue weighted by atomic mass is 16.6. The molecule has 3 N–H and O–H groups in total. The summed E-state index contributed by atoms with van der Waals surface area (Å²) in [6, 6.07) is 21.5. The number of hydrogen-bond acceptors (Lipinski definition) is 7. The predicted molar refractivity (Wildman–Crippen MR) is 124 cm³/mol. The highest BCUT2D eigenvalue weighted by Crippen LogP contribution is 2.26. The van der Waals surface area contributed by atoms with Crippen LogP contribution in [0.1, 0.15) is 21.5 Å². The third-order valence-electron chi connectivity index (χ3n) is 4.64. The fraction of sp³-hybridized carbons (Fsp3) is 0.125. The standard InChI is InChI=1S/C24H22N4O6/c29-22(27-24(31)26-15-18-9-5-2-6-10-18)16-34-23(30)19-11-12-20(21(13-19)28(32)33)25-14-17-7-3-1-4-8-17/h1-13,25H,14-16H2,(H2,26,27,29,31). The van der Waals surface area contributed by atoms with Gasteiger partial charge < -0.3 is 15.4 Å². The molecule has 3 amide bonds. The molecule has 0 heterocycles. The molecule has 0 fully saturated rings. The molecular weight excluding hydrogens is 440 g/mol. The first-order valence-corrected chi connectivity index (χ1v) is 10.3. The molecular formula is C24H22N4O6. The molecule has 3 aromatic carbocycles. The molecule has 0 saturated heterocycles. The van der Waals surface area contributed by atoms with Crippen LogP contribution in [0.5, 0.6) is 0 Å². The van der Waals surface area contributed by atoms with Crippen molar-refractivity contribution in [3.8, 4) is 0 Å². The predicted octanol–water partition coefficient (Wildman–Crippen LogP) is 3.39. The van der Waals surface area contributed by atoms with Gasteiger partial charge in [-0.15, -0.1) is 0 Å². The molecule has 0 bridgehead atoms. The second-order valence-electron chi connectivity index (χ2n) is 7.12. The van der Waals surface area contributed by atoms with Crippen LogP contribution >= 0.6 is 0 Å². The van der Waals surface area contributed by atoms with Gasteiger partial charge in [0.05, 0.1) is 10.5 Å². The zero-order chi connectivity index (χ0) is 24.3. The van der Waals surface area contributed by atoms with Crippen molar-refractivity contribution >= 4 is 29.3 Å². The maximum absolute atomic E-state index is 12.3. The summed E-state index contributed by atoms with van der Waals surface area (Å²) in [6.07, 6.45) is 0. The molecule has 0 atom stereocenters. The van der Waals surface area contributed by atoms with Gasteiger partial charge in [-0.25, -0.2) is 9.59 Å². The summed E-state index contributed by atoms with van der Waals surface area (Å²) < 4.78 is 4.88. The normalized spacial score (nSPS) is 10.1. The van der Waals surface area contributed by atoms with Crippen LogP contribution in [-0.2, 0) is 22.6 Å². The fourth-order valence-electron chi connectivity index (χ4n) is 2.95. The largest absolute Gasteiger partial charge is 0.452 e. The number of imide groups is 1. The first kappa shape index (κ1) is 23.9. The molecule has 0 aliphatic rings. The maximum atomic E-state index is 12.3. The lowest BCUT2D eigenvalue weighted by Gasteiger charge is -2.10. The van der Waals surface area contributed by atoms with E-state index in [0.29, 0.717) is 6.54 Å². The van der Waals surface area contributed by atoms with E-state index in [9.17, 15) is 24.5 Å². The summed E-state index contributed by atoms with van der Waals surface area (Å²) in [5, 5.41) is 19.0. The summed E-state index contributed by atoms with van der Waals surface area (Å²) in [5.74, 6) is -1.77. The molecule has 0 aliphatic carbocycles. The van der Waals surface area contributed by atoms with Gasteiger partial charge in [-0.1, -0.05) is 60.7 Å². The van der Waals surface area contributed by atoms with Gasteiger partial charge in [-0.3, -0.25) is 20.2 Å². The summed E-state index contributed by atoms with van der Waals surface area (Å²) in [5.41, 5.74) is 1.60. The van der Waals surface area contributed by atoms with Crippen molar-refractivity contribution in [3.05, 3.63) is 106 Å². The molecule has 3 rings (SSSR count). The van der Waals surface area contributed by atoms with E-state index in [2.05, 4.69) is 10.6 Å². The van der Waals surface area contributed by atoms with E-state index in [1.807, 2.05) is 66.0 Å². The van der Waals surface area contributed by atoms with E-state index >= 15 is 0 Å². The smallest absolute Gasteiger partial charge is 0.338 e. The number of nitro benzene ring substituents is 1. The number of esters is 1. The lowest BCUT2D eigenvalue weighted by atomic mass is 10.1. The number of benzene rings is 3. The summed E-state index contributed by atoms with van der Waals surface area (Å²) in [4.78, 5) is 46.8. The maximum Gasteiger partial charge on any atom is 0.338 e. The number of rotatable bonds is 9. The van der Waals surface area contributed by atoms with E-state index < -0.39 is 29.4 Å². The van der Waals surface area contributed by atoms with Gasteiger partial charge in [0.25, 0.3) is 11.6 Å². The number of urea groups is 1. The Morgan fingerprint density at radius 3 is 2.09 bits per heavy atom. The van der Waals surface area contributed by atoms with Crippen molar-refractivity contribution in [2.45, 2.75) is 13.1 Å². The average molecular weight is 462 g/mol. The second-order valence-corrected chi connectivity index (χ2v) is 7.12. The van der Waals surface area contributed by atoms with E-state index in [1.54, 1.807) is 0 Å². The number of carbonyl (C=O) groups is 3. The molecule has 10 heteroatoms. The van der Waals surface area contributed by atoms with Gasteiger partial charge in [0, 0.05) is 19.2 Å². The quantitative estimate of drug-likeness (QED) is 0.252. The van der Waals surface area contributed by atoms with Gasteiger partial charge in [-0.05, 0) is 23.3 Å². The summed E-state index contributed by atoms with van der Waals surface area (Å²) >= 11 is 0. The summed E-state index contributed by atoms with van der Waals surface area (Å²) in [6.45, 7) is -0.147. The Morgan fingerprint density at radius 1 is 0.853 bits per heavy atom. The minimum Gasteiger partial charge on any atom is -0.452 e. The van der Waals surface area contributed by atoms with Crippen molar-refractivity contribution in [3.63, 3.8) is 0 Å². The molecule has 34 heavy (non-hydrogen) atoms. The van der Waals surface area contributed by atoms with Crippen molar-refractivity contribution < 1.29 is 24.0 Å². The molecule has 10 nitrogen and oxygen atoms in total. The van der Waals surface area contributed by atoms with E-state index in [0.717, 1.165) is 17.2 Å². The Morgan fingerprint density at radius 2 is 1.47 bits per heavy atom. The molecule has 0 aliphatic heterocycles. The van der Waals surface area contributed by atoms with Crippen LogP contribution < -0.4 is 16.0 Å². The number of amides is 3. The third-order valence-corrected chi connectivity index (χ3v) is 4.64. The second kappa shape index (κ2) is 11.8. The molecule has 0 spiro atoms. The number of nitrogens with zero attached hydrogens (tertiary/aromatic N) is 1. The van der Waals surface area contributed by atoms with E-state index in [1.165, 1.54) is 12.1 Å². The Balaban J connectivity index is 1.51. The van der Waals surface area contributed by atoms with Crippen molar-refractivity contribution in [2.24, 2.45) is 0 Å². The van der Waals surface area contributed by atoms with Crippen LogP contribution in [0.25, 0.3) is 0 Å². The lowest BCUT2D eigenvalue weighted by molar-refractivity contribution is -0.384. The van der Waals surface area contributed by atoms with Crippen LogP contribution in [0.4, 0.5) is 16.2 Å². The van der Waals surface area contributed by atoms with Gasteiger partial charge in [0.15, 0.2) is 6.61 Å². The first-order chi connectivity index (χ1) is 16.4. The first-order valence-electron chi connectivity index (χ1n) is 10.3. The number of nitrogens with one attached hydrogen (secondary N) is 3. The summed E-state index contributed by atoms with van der Waals surface area (Å²) in [7, 11) is 0. The minimum atomic E-state index is -0.933. The molecule has 0 aromatic heterocycles. The van der Waals surface area contributed by atoms with Crippen LogP contribution in [0.15, 0.2) is 78.9 Å². The molecule has 0 unspecified atom stereocenters. The molecule has 3 aromatic rings. The third kappa shape index (κ3) is 7.16. The van der Waals surface area contributed by atoms with Crippen LogP contribution in [0.3, 0.4) is 0 Å². The molecule has 174 valence electrons. The van der Waals surface area contributed by atoms with Crippen molar-refractivity contribution in [2.75, 3.05) is 11.9 Å². The lowest BCUT2D eigenvalue weighted by Crippen LogP contribution is -2.41. The molecule has 0 radical (unpaired) electrons. The van der Waals surface area contributed by atoms with Gasteiger partial charge in [0.1, 0.15) is 5.69 Å². The number of carbonyl (C=O) groups excluding carboxylic acids is 3. The minimum absolute atomic E-state index is 0.0988. The Bertz CT molecular complexity index is 1170. The monoisotopic (exact) mass is 462 g/mol. The zero-order valence-corrected chi connectivity index (χ0v) is 18.0. The Hall–Kier alpha value is -4.73. The highest BCUT2D eigenvalue weighted by Gasteiger charge is 2.19. The van der Waals surface area contributed by atoms with Gasteiger partial charge in [0.2, 0.25) is 0 Å². The number of ether oxygens (including phenoxy) is 1. The number of anilines is 1. The van der Waals surface area contributed by atoms with Crippen LogP contribution in [-0.4, -0.2) is 29.4 Å². The van der Waals surface area contributed by atoms with Crippen LogP contribution in [0.2, 0.25) is 0 Å². The van der Waals surface area contributed by atoms with Crippen molar-refractivity contribution in [1.29, 1.82) is 0 Å². The van der Waals surface area contributed by atoms with Gasteiger partial charge >= 0.3 is 12.0 Å². The van der Waals surface area contributed by atoms with Crippen molar-refractivity contribution in [1.82, 2.24) is 10.6 Å². The van der Waals surface area contributed by atoms with Gasteiger partial charge in [-0.2, -0.15) is 0 Å². The number of nitro groups is 1. The number of hydrogen-bond donors (Lipinski definition) is 3. The van der Waals surface area contributed by atoms with E-state index in [4.69, 9.17) is 4.74 Å². The van der Waals surface area contributed by atoms with Crippen LogP contribution in [0, 0.1) is 10.1 Å². The topological polar surface area (TPSA) is 140 Å². The SMILES string of the molecule is O=C(COC(=O)c1ccc(NCc2ccccc2)c([N+](=O)[O-])c1)NC(=O)NCc1ccccc1. The highest BCUT2D eigenvalue weighted by molar-refractivity contribution is 5.97. The van der Waals surface area contributed by atoms with E-state index in [-0.39, 0.29) is 23.5 Å².